The number of esters is 1. The fraction of sp³-hybridized carbons (Fsp3) is 0.286. The molecule has 1 aliphatic heterocycles. The number of carbonyl (C=O) groups is 3. The van der Waals surface area contributed by atoms with Gasteiger partial charge < -0.3 is 14.2 Å². The number of hydrogen-bond acceptors (Lipinski definition) is 9. The van der Waals surface area contributed by atoms with Crippen LogP contribution in [-0.4, -0.2) is 62.1 Å². The van der Waals surface area contributed by atoms with Crippen LogP contribution in [0.3, 0.4) is 0 Å². The second-order valence-corrected chi connectivity index (χ2v) is 14.9. The van der Waals surface area contributed by atoms with Crippen LogP contribution in [0.4, 0.5) is 14.5 Å². The van der Waals surface area contributed by atoms with E-state index in [9.17, 15) is 31.6 Å². The molecule has 6 rings (SSSR count). The molecule has 2 amide bonds. The number of rotatable bonds is 15. The lowest BCUT2D eigenvalue weighted by molar-refractivity contribution is -0.377. The van der Waals surface area contributed by atoms with Crippen molar-refractivity contribution in [3.8, 4) is 11.5 Å². The zero-order valence-electron chi connectivity index (χ0n) is 27.4. The molecule has 0 saturated heterocycles. The first-order valence-electron chi connectivity index (χ1n) is 15.9. The number of nitrogens with zero attached hydrogens (tertiary/aromatic N) is 3. The van der Waals surface area contributed by atoms with Gasteiger partial charge in [0.05, 0.1) is 41.9 Å². The molecule has 2 aliphatic rings. The van der Waals surface area contributed by atoms with Gasteiger partial charge in [-0.2, -0.15) is 8.78 Å². The van der Waals surface area contributed by atoms with E-state index in [0.717, 1.165) is 23.4 Å². The molecule has 2 aromatic heterocycles. The van der Waals surface area contributed by atoms with Gasteiger partial charge in [0, 0.05) is 18.2 Å². The van der Waals surface area contributed by atoms with Crippen molar-refractivity contribution >= 4 is 56.7 Å². The molecule has 1 fully saturated rings. The second-order valence-electron chi connectivity index (χ2n) is 12.2. The van der Waals surface area contributed by atoms with Gasteiger partial charge in [0.2, 0.25) is 10.0 Å². The summed E-state index contributed by atoms with van der Waals surface area (Å²) < 4.78 is 69.3. The highest BCUT2D eigenvalue weighted by Crippen LogP contribution is 2.38. The first-order valence-corrected chi connectivity index (χ1v) is 18.5. The molecule has 4 aromatic rings. The molecule has 12 nitrogen and oxygen atoms in total. The number of pyridine rings is 2. The number of hydrogen-bond donors (Lipinski definition) is 0. The number of sulfonamides is 1. The molecule has 1 aliphatic carbocycles. The van der Waals surface area contributed by atoms with E-state index in [4.69, 9.17) is 32.7 Å². The smallest absolute Gasteiger partial charge is 0.387 e. The standard InChI is InChI=1S/C35H30Cl2F2N4O8S/c1-52(47,48)43(17-22-4-2-3-11-41-22)23-8-9-24-25(13-23)34(46)42(33(24)45)18-32(44)50-30(14-26-27(36)15-40-16-28(26)37)21-7-10-29(51-35(38)39)31(12-21)49-19-20-5-6-20/h2-4,7-13,15-16,20,30,35H,5-6,14,17-19H2,1H3/p+1/t30-/m0/s1. The molecule has 52 heavy (non-hydrogen) atoms. The van der Waals surface area contributed by atoms with E-state index in [-0.39, 0.29) is 63.8 Å². The minimum absolute atomic E-state index is 0.00618. The first-order chi connectivity index (χ1) is 24.8. The molecule has 1 N–H and O–H groups in total. The number of aromatic nitrogens is 2. The number of ether oxygens (including phenoxy) is 3. The molecule has 272 valence electrons. The average molecular weight is 777 g/mol. The molecule has 1 atom stereocenters. The molecule has 3 heterocycles. The van der Waals surface area contributed by atoms with Crippen molar-refractivity contribution in [1.82, 2.24) is 9.88 Å². The Morgan fingerprint density at radius 3 is 2.40 bits per heavy atom. The van der Waals surface area contributed by atoms with E-state index in [0.29, 0.717) is 21.7 Å². The Hall–Kier alpha value is -4.86. The number of H-pyrrole nitrogens is 1. The number of alkyl halides is 2. The predicted molar refractivity (Wildman–Crippen MR) is 184 cm³/mol. The van der Waals surface area contributed by atoms with E-state index < -0.39 is 47.1 Å². The monoisotopic (exact) mass is 775 g/mol. The Balaban J connectivity index is 1.25. The summed E-state index contributed by atoms with van der Waals surface area (Å²) in [6.45, 7) is -3.78. The molecule has 0 unspecified atom stereocenters. The van der Waals surface area contributed by atoms with Crippen molar-refractivity contribution in [3.63, 3.8) is 0 Å². The minimum atomic E-state index is -3.85. The van der Waals surface area contributed by atoms with Crippen LogP contribution in [0.1, 0.15) is 56.5 Å². The van der Waals surface area contributed by atoms with E-state index in [1.54, 1.807) is 18.2 Å². The van der Waals surface area contributed by atoms with Gasteiger partial charge in [-0.15, -0.1) is 0 Å². The van der Waals surface area contributed by atoms with Crippen LogP contribution in [-0.2, 0) is 32.5 Å². The predicted octanol–water partition coefficient (Wildman–Crippen LogP) is 5.68. The van der Waals surface area contributed by atoms with Gasteiger partial charge in [0.25, 0.3) is 11.8 Å². The number of benzene rings is 2. The van der Waals surface area contributed by atoms with Gasteiger partial charge in [0.1, 0.15) is 22.7 Å². The van der Waals surface area contributed by atoms with Crippen LogP contribution in [0.2, 0.25) is 10.0 Å². The lowest BCUT2D eigenvalue weighted by atomic mass is 10.0. The van der Waals surface area contributed by atoms with Gasteiger partial charge in [-0.3, -0.25) is 28.6 Å². The van der Waals surface area contributed by atoms with Crippen molar-refractivity contribution in [2.75, 3.05) is 23.7 Å². The van der Waals surface area contributed by atoms with E-state index in [2.05, 4.69) is 14.7 Å². The summed E-state index contributed by atoms with van der Waals surface area (Å²) in [6.07, 6.45) is 6.11. The van der Waals surface area contributed by atoms with Crippen molar-refractivity contribution in [2.24, 2.45) is 5.92 Å². The van der Waals surface area contributed by atoms with Crippen LogP contribution in [0.15, 0.2) is 73.2 Å². The third-order valence-corrected chi connectivity index (χ3v) is 10.2. The van der Waals surface area contributed by atoms with E-state index in [1.807, 2.05) is 0 Å². The van der Waals surface area contributed by atoms with Crippen LogP contribution < -0.4 is 18.8 Å². The Kier molecular flexibility index (Phi) is 10.9. The van der Waals surface area contributed by atoms with Crippen molar-refractivity contribution in [1.29, 1.82) is 0 Å². The number of aromatic amines is 1. The quantitative estimate of drug-likeness (QED) is 0.110. The van der Waals surface area contributed by atoms with Crippen LogP contribution in [0.5, 0.6) is 11.5 Å². The first kappa shape index (κ1) is 36.9. The average Bonchev–Trinajstić information content (AvgIpc) is 3.90. The maximum Gasteiger partial charge on any atom is 0.387 e. The Morgan fingerprint density at radius 2 is 1.75 bits per heavy atom. The van der Waals surface area contributed by atoms with Gasteiger partial charge in [-0.25, -0.2) is 13.4 Å². The van der Waals surface area contributed by atoms with Gasteiger partial charge in [0.15, 0.2) is 23.9 Å². The summed E-state index contributed by atoms with van der Waals surface area (Å²) in [4.78, 5) is 48.1. The lowest BCUT2D eigenvalue weighted by Crippen LogP contribution is -2.36. The molecule has 2 aromatic carbocycles. The highest BCUT2D eigenvalue weighted by atomic mass is 35.5. The van der Waals surface area contributed by atoms with Gasteiger partial charge in [-0.1, -0.05) is 35.3 Å². The molecular weight excluding hydrogens is 745 g/mol. The summed E-state index contributed by atoms with van der Waals surface area (Å²) in [6, 6.07) is 13.1. The van der Waals surface area contributed by atoms with Crippen molar-refractivity contribution in [3.05, 3.63) is 111 Å². The minimum Gasteiger partial charge on any atom is -0.489 e. The van der Waals surface area contributed by atoms with Gasteiger partial charge in [-0.05, 0) is 66.8 Å². The third-order valence-electron chi connectivity index (χ3n) is 8.35. The summed E-state index contributed by atoms with van der Waals surface area (Å²) in [7, 11) is -3.85. The zero-order chi connectivity index (χ0) is 37.2. The number of nitrogens with one attached hydrogen (secondary N) is 1. The molecule has 1 saturated carbocycles. The third kappa shape index (κ3) is 8.60. The number of anilines is 1. The largest absolute Gasteiger partial charge is 0.489 e. The highest BCUT2D eigenvalue weighted by molar-refractivity contribution is 7.92. The lowest BCUT2D eigenvalue weighted by Gasteiger charge is -2.22. The summed E-state index contributed by atoms with van der Waals surface area (Å²) in [5.41, 5.74) is 1.13. The summed E-state index contributed by atoms with van der Waals surface area (Å²) in [5, 5.41) is 0.442. The Labute approximate surface area is 307 Å². The normalized spacial score (nSPS) is 14.7. The number of amides is 2. The maximum atomic E-state index is 13.6. The molecule has 0 spiro atoms. The van der Waals surface area contributed by atoms with Crippen molar-refractivity contribution < 1.29 is 50.8 Å². The topological polar surface area (TPSA) is 147 Å². The molecule has 17 heteroatoms. The summed E-state index contributed by atoms with van der Waals surface area (Å²) >= 11 is 12.8. The fourth-order valence-corrected chi connectivity index (χ4v) is 6.94. The molecule has 0 radical (unpaired) electrons. The highest BCUT2D eigenvalue weighted by Gasteiger charge is 2.38. The van der Waals surface area contributed by atoms with Crippen LogP contribution in [0.25, 0.3) is 0 Å². The second kappa shape index (κ2) is 15.4. The van der Waals surface area contributed by atoms with Crippen LogP contribution in [0, 0.1) is 5.92 Å². The Bertz CT molecular complexity index is 2100. The molecule has 0 bridgehead atoms. The number of imide groups is 1. The fourth-order valence-electron chi connectivity index (χ4n) is 5.55. The zero-order valence-corrected chi connectivity index (χ0v) is 29.8. The number of halogens is 4. The number of carbonyl (C=O) groups excluding carboxylic acids is 3. The Morgan fingerprint density at radius 1 is 1.02 bits per heavy atom. The number of fused-ring (bicyclic) bond motifs is 1. The van der Waals surface area contributed by atoms with Gasteiger partial charge >= 0.3 is 12.6 Å². The SMILES string of the molecule is CS(=O)(=O)N(Cc1ccccn1)c1ccc2c(c1)C(=O)N(CC(=O)O[C@@H](Cc1c(Cl)c[nH+]cc1Cl)c1ccc(OC(F)F)c(OCC3CC3)c1)C2=O. The van der Waals surface area contributed by atoms with Crippen molar-refractivity contribution in [2.45, 2.75) is 38.5 Å². The van der Waals surface area contributed by atoms with Crippen LogP contribution >= 0.6 is 23.2 Å². The van der Waals surface area contributed by atoms with E-state index in [1.165, 1.54) is 55.0 Å². The summed E-state index contributed by atoms with van der Waals surface area (Å²) in [5.74, 6) is -2.54. The maximum absolute atomic E-state index is 13.6. The van der Waals surface area contributed by atoms with E-state index >= 15 is 0 Å². The molecular formula is C35H31Cl2F2N4O8S+.